The number of nitrogens with one attached hydrogen (secondary N) is 1. The van der Waals surface area contributed by atoms with Crippen molar-refractivity contribution < 1.29 is 14.6 Å². The number of aliphatic hydroxyl groups excluding tert-OH is 1. The van der Waals surface area contributed by atoms with Crippen molar-refractivity contribution in [1.29, 1.82) is 0 Å². The average molecular weight is 306 g/mol. The summed E-state index contributed by atoms with van der Waals surface area (Å²) in [4.78, 5) is 11.8. The highest BCUT2D eigenvalue weighted by molar-refractivity contribution is 6.30. The Balaban J connectivity index is 1.94. The van der Waals surface area contributed by atoms with Gasteiger partial charge >= 0.3 is 0 Å². The van der Waals surface area contributed by atoms with Gasteiger partial charge in [0.05, 0.1) is 6.10 Å². The number of para-hydroxylation sites is 1. The first-order chi connectivity index (χ1) is 10.1. The zero-order valence-corrected chi connectivity index (χ0v) is 12.3. The van der Waals surface area contributed by atoms with Crippen LogP contribution in [-0.2, 0) is 4.79 Å². The number of amides is 1. The van der Waals surface area contributed by atoms with Crippen LogP contribution >= 0.6 is 11.6 Å². The highest BCUT2D eigenvalue weighted by Crippen LogP contribution is 2.24. The van der Waals surface area contributed by atoms with E-state index in [1.54, 1.807) is 49.4 Å². The average Bonchev–Trinajstić information content (AvgIpc) is 2.48. The molecule has 0 bridgehead atoms. The van der Waals surface area contributed by atoms with Crippen LogP contribution in [0.4, 0.5) is 5.69 Å². The summed E-state index contributed by atoms with van der Waals surface area (Å²) in [5, 5.41) is 12.9. The molecule has 21 heavy (non-hydrogen) atoms. The first kappa shape index (κ1) is 15.4. The number of aliphatic hydroxyl groups is 1. The number of benzene rings is 2. The summed E-state index contributed by atoms with van der Waals surface area (Å²) in [6, 6.07) is 13.9. The number of carbonyl (C=O) groups excluding carboxylic acids is 1. The number of anilines is 1. The van der Waals surface area contributed by atoms with Crippen LogP contribution in [0.3, 0.4) is 0 Å². The summed E-state index contributed by atoms with van der Waals surface area (Å²) in [6.45, 7) is 1.52. The van der Waals surface area contributed by atoms with Gasteiger partial charge in [-0.25, -0.2) is 0 Å². The third-order valence-electron chi connectivity index (χ3n) is 2.86. The lowest BCUT2D eigenvalue weighted by Crippen LogP contribution is -2.20. The van der Waals surface area contributed by atoms with Crippen LogP contribution < -0.4 is 10.1 Å². The molecule has 1 amide bonds. The summed E-state index contributed by atoms with van der Waals surface area (Å²) in [6.07, 6.45) is -0.652. The second kappa shape index (κ2) is 7.11. The van der Waals surface area contributed by atoms with E-state index >= 15 is 0 Å². The van der Waals surface area contributed by atoms with Crippen molar-refractivity contribution in [1.82, 2.24) is 0 Å². The second-order valence-corrected chi connectivity index (χ2v) is 4.99. The third-order valence-corrected chi connectivity index (χ3v) is 3.11. The van der Waals surface area contributed by atoms with Gasteiger partial charge in [-0.3, -0.25) is 4.79 Å². The summed E-state index contributed by atoms with van der Waals surface area (Å²) in [5.74, 6) is 0.219. The topological polar surface area (TPSA) is 58.6 Å². The van der Waals surface area contributed by atoms with Crippen molar-refractivity contribution in [3.63, 3.8) is 0 Å². The monoisotopic (exact) mass is 305 g/mol. The number of carbonyl (C=O) groups is 1. The highest BCUT2D eigenvalue weighted by atomic mass is 35.5. The zero-order chi connectivity index (χ0) is 15.2. The number of hydrogen-bond acceptors (Lipinski definition) is 3. The molecule has 2 rings (SSSR count). The molecule has 2 aromatic carbocycles. The molecule has 2 N–H and O–H groups in total. The molecule has 0 spiro atoms. The quantitative estimate of drug-likeness (QED) is 0.890. The van der Waals surface area contributed by atoms with E-state index in [0.29, 0.717) is 22.0 Å². The standard InChI is InChI=1S/C16H16ClNO3/c1-11(19)14-4-2-3-5-15(14)21-10-16(20)18-13-8-6-12(17)7-9-13/h2-9,11,19H,10H2,1H3,(H,18,20). The van der Waals surface area contributed by atoms with Crippen LogP contribution in [0.2, 0.25) is 5.02 Å². The Morgan fingerprint density at radius 3 is 2.57 bits per heavy atom. The molecule has 110 valence electrons. The van der Waals surface area contributed by atoms with E-state index in [9.17, 15) is 9.90 Å². The van der Waals surface area contributed by atoms with Gasteiger partial charge in [0.15, 0.2) is 6.61 Å². The largest absolute Gasteiger partial charge is 0.483 e. The van der Waals surface area contributed by atoms with E-state index in [-0.39, 0.29) is 12.5 Å². The van der Waals surface area contributed by atoms with Crippen molar-refractivity contribution in [3.8, 4) is 5.75 Å². The first-order valence-electron chi connectivity index (χ1n) is 6.51. The van der Waals surface area contributed by atoms with E-state index in [2.05, 4.69) is 5.32 Å². The van der Waals surface area contributed by atoms with Crippen LogP contribution in [0.25, 0.3) is 0 Å². The Kier molecular flexibility index (Phi) is 5.20. The molecule has 1 unspecified atom stereocenters. The minimum atomic E-state index is -0.652. The summed E-state index contributed by atoms with van der Waals surface area (Å²) in [5.41, 5.74) is 1.30. The van der Waals surface area contributed by atoms with Crippen molar-refractivity contribution in [2.24, 2.45) is 0 Å². The molecule has 1 atom stereocenters. The predicted molar refractivity (Wildman–Crippen MR) is 82.7 cm³/mol. The smallest absolute Gasteiger partial charge is 0.262 e. The van der Waals surface area contributed by atoms with E-state index in [1.807, 2.05) is 6.07 Å². The molecule has 0 radical (unpaired) electrons. The molecule has 0 saturated carbocycles. The van der Waals surface area contributed by atoms with Gasteiger partial charge in [-0.1, -0.05) is 29.8 Å². The summed E-state index contributed by atoms with van der Waals surface area (Å²) >= 11 is 5.78. The van der Waals surface area contributed by atoms with Gasteiger partial charge in [-0.15, -0.1) is 0 Å². The van der Waals surface area contributed by atoms with E-state index < -0.39 is 6.10 Å². The number of halogens is 1. The number of rotatable bonds is 5. The highest BCUT2D eigenvalue weighted by Gasteiger charge is 2.10. The molecular formula is C16H16ClNO3. The normalized spacial score (nSPS) is 11.8. The fraction of sp³-hybridized carbons (Fsp3) is 0.188. The minimum Gasteiger partial charge on any atom is -0.483 e. The molecule has 0 heterocycles. The van der Waals surface area contributed by atoms with Gasteiger partial charge in [0.1, 0.15) is 5.75 Å². The number of hydrogen-bond donors (Lipinski definition) is 2. The second-order valence-electron chi connectivity index (χ2n) is 4.56. The number of ether oxygens (including phenoxy) is 1. The Morgan fingerprint density at radius 2 is 1.90 bits per heavy atom. The maximum Gasteiger partial charge on any atom is 0.262 e. The molecular weight excluding hydrogens is 290 g/mol. The maximum atomic E-state index is 11.8. The minimum absolute atomic E-state index is 0.133. The Labute approximate surface area is 128 Å². The van der Waals surface area contributed by atoms with E-state index in [1.165, 1.54) is 0 Å². The van der Waals surface area contributed by atoms with Gasteiger partial charge in [-0.2, -0.15) is 0 Å². The lowest BCUT2D eigenvalue weighted by molar-refractivity contribution is -0.118. The molecule has 5 heteroatoms. The van der Waals surface area contributed by atoms with E-state index in [4.69, 9.17) is 16.3 Å². The van der Waals surface area contributed by atoms with Crippen LogP contribution in [0, 0.1) is 0 Å². The fourth-order valence-corrected chi connectivity index (χ4v) is 1.96. The fourth-order valence-electron chi connectivity index (χ4n) is 1.83. The Morgan fingerprint density at radius 1 is 1.24 bits per heavy atom. The van der Waals surface area contributed by atoms with Gasteiger partial charge in [0, 0.05) is 16.3 Å². The molecule has 0 aliphatic heterocycles. The molecule has 0 aromatic heterocycles. The molecule has 0 aliphatic carbocycles. The van der Waals surface area contributed by atoms with Crippen molar-refractivity contribution in [2.45, 2.75) is 13.0 Å². The molecule has 0 saturated heterocycles. The third kappa shape index (κ3) is 4.48. The lowest BCUT2D eigenvalue weighted by atomic mass is 10.1. The van der Waals surface area contributed by atoms with E-state index in [0.717, 1.165) is 0 Å². The molecule has 0 aliphatic rings. The SMILES string of the molecule is CC(O)c1ccccc1OCC(=O)Nc1ccc(Cl)cc1. The van der Waals surface area contributed by atoms with Crippen molar-refractivity contribution in [2.75, 3.05) is 11.9 Å². The summed E-state index contributed by atoms with van der Waals surface area (Å²) in [7, 11) is 0. The van der Waals surface area contributed by atoms with Crippen LogP contribution in [0.5, 0.6) is 5.75 Å². The Hall–Kier alpha value is -2.04. The van der Waals surface area contributed by atoms with Crippen LogP contribution in [0.1, 0.15) is 18.6 Å². The van der Waals surface area contributed by atoms with Gasteiger partial charge < -0.3 is 15.2 Å². The molecule has 4 nitrogen and oxygen atoms in total. The van der Waals surface area contributed by atoms with Crippen LogP contribution in [-0.4, -0.2) is 17.6 Å². The van der Waals surface area contributed by atoms with Crippen molar-refractivity contribution >= 4 is 23.2 Å². The predicted octanol–water partition coefficient (Wildman–Crippen LogP) is 3.41. The van der Waals surface area contributed by atoms with Gasteiger partial charge in [0.25, 0.3) is 5.91 Å². The molecule has 0 fully saturated rings. The van der Waals surface area contributed by atoms with Gasteiger partial charge in [0.2, 0.25) is 0 Å². The molecule has 2 aromatic rings. The summed E-state index contributed by atoms with van der Waals surface area (Å²) < 4.78 is 5.46. The first-order valence-corrected chi connectivity index (χ1v) is 6.89. The lowest BCUT2D eigenvalue weighted by Gasteiger charge is -2.13. The van der Waals surface area contributed by atoms with Gasteiger partial charge in [-0.05, 0) is 37.3 Å². The Bertz CT molecular complexity index is 611. The van der Waals surface area contributed by atoms with Crippen molar-refractivity contribution in [3.05, 3.63) is 59.1 Å². The zero-order valence-electron chi connectivity index (χ0n) is 11.5. The van der Waals surface area contributed by atoms with Crippen LogP contribution in [0.15, 0.2) is 48.5 Å². The maximum absolute atomic E-state index is 11.8.